The van der Waals surface area contributed by atoms with Crippen molar-refractivity contribution >= 4 is 5.97 Å². The Morgan fingerprint density at radius 3 is 2.83 bits per heavy atom. The summed E-state index contributed by atoms with van der Waals surface area (Å²) >= 11 is 0. The minimum absolute atomic E-state index is 0.0402. The second-order valence-electron chi connectivity index (χ2n) is 5.26. The van der Waals surface area contributed by atoms with Gasteiger partial charge in [0.1, 0.15) is 5.76 Å². The highest BCUT2D eigenvalue weighted by Gasteiger charge is 2.18. The highest BCUT2D eigenvalue weighted by atomic mass is 16.6. The fraction of sp³-hybridized carbons (Fsp3) is 0.312. The molecule has 0 aliphatic rings. The summed E-state index contributed by atoms with van der Waals surface area (Å²) in [6.07, 6.45) is 1.63. The Bertz CT molecular complexity index is 815. The summed E-state index contributed by atoms with van der Waals surface area (Å²) in [6.45, 7) is 6.05. The molecule has 0 saturated heterocycles. The predicted molar refractivity (Wildman–Crippen MR) is 79.9 cm³/mol. The molecule has 0 amide bonds. The summed E-state index contributed by atoms with van der Waals surface area (Å²) in [5.41, 5.74) is 2.30. The van der Waals surface area contributed by atoms with Gasteiger partial charge in [-0.2, -0.15) is 4.98 Å². The first kappa shape index (κ1) is 15.1. The molecule has 0 aromatic carbocycles. The Balaban J connectivity index is 1.73. The lowest BCUT2D eigenvalue weighted by Crippen LogP contribution is -2.08. The summed E-state index contributed by atoms with van der Waals surface area (Å²) < 4.78 is 17.5. The Labute approximate surface area is 132 Å². The van der Waals surface area contributed by atoms with Gasteiger partial charge in [0, 0.05) is 11.4 Å². The smallest absolute Gasteiger partial charge is 0.340 e. The lowest BCUT2D eigenvalue weighted by molar-refractivity contribution is 0.0429. The maximum absolute atomic E-state index is 12.3. The predicted octanol–water partition coefficient (Wildman–Crippen LogP) is 2.79. The third kappa shape index (κ3) is 3.18. The standard InChI is InChI=1S/C16H17N3O4/c1-10-7-14(11(2)19(10)8-13-5-4-6-21-13)16(20)22-9-15-17-12(3)18-23-15/h4-7H,8-9H2,1-3H3. The average Bonchev–Trinajstić information content (AvgIpc) is 3.23. The molecule has 0 unspecified atom stereocenters. The topological polar surface area (TPSA) is 83.3 Å². The molecule has 7 nitrogen and oxygen atoms in total. The van der Waals surface area contributed by atoms with Crippen molar-refractivity contribution in [1.82, 2.24) is 14.7 Å². The first-order chi connectivity index (χ1) is 11.0. The number of esters is 1. The van der Waals surface area contributed by atoms with E-state index in [9.17, 15) is 4.79 Å². The molecular formula is C16H17N3O4. The largest absolute Gasteiger partial charge is 0.467 e. The number of hydrogen-bond acceptors (Lipinski definition) is 6. The zero-order chi connectivity index (χ0) is 16.4. The van der Waals surface area contributed by atoms with Gasteiger partial charge in [-0.25, -0.2) is 4.79 Å². The minimum atomic E-state index is -0.417. The molecule has 0 N–H and O–H groups in total. The number of ether oxygens (including phenoxy) is 1. The minimum Gasteiger partial charge on any atom is -0.467 e. The van der Waals surface area contributed by atoms with Crippen LogP contribution < -0.4 is 0 Å². The van der Waals surface area contributed by atoms with Crippen LogP contribution in [-0.4, -0.2) is 20.7 Å². The number of carbonyl (C=O) groups excluding carboxylic acids is 1. The number of aryl methyl sites for hydroxylation is 2. The van der Waals surface area contributed by atoms with Gasteiger partial charge in [0.15, 0.2) is 12.4 Å². The van der Waals surface area contributed by atoms with E-state index in [2.05, 4.69) is 10.1 Å². The molecule has 0 aliphatic heterocycles. The quantitative estimate of drug-likeness (QED) is 0.673. The molecular weight excluding hydrogens is 298 g/mol. The highest BCUT2D eigenvalue weighted by Crippen LogP contribution is 2.18. The third-order valence-electron chi connectivity index (χ3n) is 3.58. The summed E-state index contributed by atoms with van der Waals surface area (Å²) in [4.78, 5) is 16.3. The Hall–Kier alpha value is -2.83. The average molecular weight is 315 g/mol. The fourth-order valence-electron chi connectivity index (χ4n) is 2.41. The molecule has 120 valence electrons. The van der Waals surface area contributed by atoms with Gasteiger partial charge in [-0.15, -0.1) is 0 Å². The number of furan rings is 1. The van der Waals surface area contributed by atoms with E-state index in [0.29, 0.717) is 17.9 Å². The molecule has 0 fully saturated rings. The first-order valence-electron chi connectivity index (χ1n) is 7.20. The van der Waals surface area contributed by atoms with Crippen molar-refractivity contribution in [2.45, 2.75) is 33.9 Å². The third-order valence-corrected chi connectivity index (χ3v) is 3.58. The maximum atomic E-state index is 12.3. The molecule has 0 saturated carbocycles. The summed E-state index contributed by atoms with van der Waals surface area (Å²) in [5.74, 6) is 1.20. The van der Waals surface area contributed by atoms with Crippen LogP contribution in [0.25, 0.3) is 0 Å². The maximum Gasteiger partial charge on any atom is 0.340 e. The Morgan fingerprint density at radius 2 is 2.17 bits per heavy atom. The molecule has 0 aliphatic carbocycles. The van der Waals surface area contributed by atoms with E-state index in [1.165, 1.54) is 0 Å². The van der Waals surface area contributed by atoms with E-state index in [4.69, 9.17) is 13.7 Å². The van der Waals surface area contributed by atoms with Crippen LogP contribution in [0.4, 0.5) is 0 Å². The van der Waals surface area contributed by atoms with E-state index >= 15 is 0 Å². The lowest BCUT2D eigenvalue weighted by atomic mass is 10.2. The van der Waals surface area contributed by atoms with Crippen molar-refractivity contribution < 1.29 is 18.5 Å². The van der Waals surface area contributed by atoms with Crippen LogP contribution >= 0.6 is 0 Å². The van der Waals surface area contributed by atoms with Crippen LogP contribution in [0.5, 0.6) is 0 Å². The van der Waals surface area contributed by atoms with Crippen molar-refractivity contribution in [2.75, 3.05) is 0 Å². The number of rotatable bonds is 5. The van der Waals surface area contributed by atoms with Gasteiger partial charge < -0.3 is 18.2 Å². The SMILES string of the molecule is Cc1noc(COC(=O)c2cc(C)n(Cc3ccco3)c2C)n1. The van der Waals surface area contributed by atoms with E-state index in [-0.39, 0.29) is 12.5 Å². The number of aromatic nitrogens is 3. The lowest BCUT2D eigenvalue weighted by Gasteiger charge is -2.07. The second-order valence-corrected chi connectivity index (χ2v) is 5.26. The van der Waals surface area contributed by atoms with E-state index < -0.39 is 5.97 Å². The molecule has 23 heavy (non-hydrogen) atoms. The Morgan fingerprint density at radius 1 is 1.35 bits per heavy atom. The zero-order valence-electron chi connectivity index (χ0n) is 13.2. The van der Waals surface area contributed by atoms with Crippen molar-refractivity contribution in [3.63, 3.8) is 0 Å². The van der Waals surface area contributed by atoms with E-state index in [1.54, 1.807) is 19.3 Å². The van der Waals surface area contributed by atoms with Crippen LogP contribution in [-0.2, 0) is 17.9 Å². The van der Waals surface area contributed by atoms with Gasteiger partial charge in [-0.05, 0) is 39.0 Å². The first-order valence-corrected chi connectivity index (χ1v) is 7.20. The van der Waals surface area contributed by atoms with Crippen LogP contribution in [0.2, 0.25) is 0 Å². The second kappa shape index (κ2) is 6.12. The van der Waals surface area contributed by atoms with Gasteiger partial charge in [0.2, 0.25) is 0 Å². The van der Waals surface area contributed by atoms with Crippen LogP contribution in [0, 0.1) is 20.8 Å². The van der Waals surface area contributed by atoms with Crippen molar-refractivity contribution in [2.24, 2.45) is 0 Å². The van der Waals surface area contributed by atoms with Gasteiger partial charge in [0.25, 0.3) is 5.89 Å². The van der Waals surface area contributed by atoms with Crippen LogP contribution in [0.3, 0.4) is 0 Å². The van der Waals surface area contributed by atoms with Gasteiger partial charge >= 0.3 is 5.97 Å². The number of nitrogens with zero attached hydrogens (tertiary/aromatic N) is 3. The van der Waals surface area contributed by atoms with E-state index in [0.717, 1.165) is 17.1 Å². The van der Waals surface area contributed by atoms with Gasteiger partial charge in [-0.3, -0.25) is 0 Å². The van der Waals surface area contributed by atoms with Crippen LogP contribution in [0.1, 0.15) is 39.2 Å². The number of carbonyl (C=O) groups is 1. The molecule has 0 bridgehead atoms. The summed E-state index contributed by atoms with van der Waals surface area (Å²) in [5, 5.41) is 3.65. The molecule has 3 aromatic heterocycles. The molecule has 7 heteroatoms. The van der Waals surface area contributed by atoms with Gasteiger partial charge in [-0.1, -0.05) is 5.16 Å². The van der Waals surface area contributed by atoms with E-state index in [1.807, 2.05) is 30.5 Å². The normalized spacial score (nSPS) is 10.9. The summed E-state index contributed by atoms with van der Waals surface area (Å²) in [7, 11) is 0. The molecule has 3 heterocycles. The van der Waals surface area contributed by atoms with Crippen molar-refractivity contribution in [3.05, 3.63) is 58.9 Å². The van der Waals surface area contributed by atoms with Gasteiger partial charge in [0.05, 0.1) is 18.4 Å². The molecule has 0 atom stereocenters. The Kier molecular flexibility index (Phi) is 4.01. The molecule has 0 spiro atoms. The monoisotopic (exact) mass is 315 g/mol. The molecule has 0 radical (unpaired) electrons. The number of hydrogen-bond donors (Lipinski definition) is 0. The highest BCUT2D eigenvalue weighted by molar-refractivity contribution is 5.91. The molecule has 3 rings (SSSR count). The van der Waals surface area contributed by atoms with Crippen molar-refractivity contribution in [1.29, 1.82) is 0 Å². The fourth-order valence-corrected chi connectivity index (χ4v) is 2.41. The van der Waals surface area contributed by atoms with Crippen LogP contribution in [0.15, 0.2) is 33.4 Å². The summed E-state index contributed by atoms with van der Waals surface area (Å²) in [6, 6.07) is 5.54. The molecule has 3 aromatic rings. The van der Waals surface area contributed by atoms with Crippen molar-refractivity contribution in [3.8, 4) is 0 Å². The zero-order valence-corrected chi connectivity index (χ0v) is 13.2.